The maximum Gasteiger partial charge on any atom is 0.162 e. The number of hydrogen-bond acceptors (Lipinski definition) is 3. The number of fused-ring (bicyclic) bond motifs is 1. The fourth-order valence-electron chi connectivity index (χ4n) is 2.90. The summed E-state index contributed by atoms with van der Waals surface area (Å²) in [7, 11) is 3.30. The second-order valence-corrected chi connectivity index (χ2v) is 5.80. The van der Waals surface area contributed by atoms with E-state index in [2.05, 4.69) is 29.6 Å². The molecule has 0 radical (unpaired) electrons. The van der Waals surface area contributed by atoms with E-state index >= 15 is 0 Å². The molecule has 1 heterocycles. The fraction of sp³-hybridized carbons (Fsp3) is 0.278. The topological polar surface area (TPSA) is 30.5 Å². The zero-order chi connectivity index (χ0) is 15.5. The Labute approximate surface area is 136 Å². The van der Waals surface area contributed by atoms with Crippen LogP contribution in [-0.4, -0.2) is 19.2 Å². The van der Waals surface area contributed by atoms with Gasteiger partial charge in [-0.05, 0) is 30.0 Å². The van der Waals surface area contributed by atoms with E-state index in [-0.39, 0.29) is 5.92 Å². The molecule has 4 heteroatoms. The predicted octanol–water partition coefficient (Wildman–Crippen LogP) is 4.17. The molecule has 1 aliphatic heterocycles. The average Bonchev–Trinajstić information content (AvgIpc) is 2.72. The maximum absolute atomic E-state index is 5.63. The van der Waals surface area contributed by atoms with E-state index in [0.717, 1.165) is 35.0 Å². The van der Waals surface area contributed by atoms with Crippen LogP contribution in [0.5, 0.6) is 11.5 Å². The first kappa shape index (κ1) is 14.9. The molecule has 1 aliphatic rings. The van der Waals surface area contributed by atoms with E-state index in [9.17, 15) is 0 Å². The lowest BCUT2D eigenvalue weighted by Gasteiger charge is -2.16. The lowest BCUT2D eigenvalue weighted by atomic mass is 9.93. The van der Waals surface area contributed by atoms with Crippen LogP contribution in [0.2, 0.25) is 0 Å². The Morgan fingerprint density at radius 1 is 1.05 bits per heavy atom. The highest BCUT2D eigenvalue weighted by Gasteiger charge is 2.23. The molecule has 3 rings (SSSR count). The monoisotopic (exact) mass is 313 g/mol. The Morgan fingerprint density at radius 2 is 1.73 bits per heavy atom. The molecule has 22 heavy (non-hydrogen) atoms. The second kappa shape index (κ2) is 6.36. The summed E-state index contributed by atoms with van der Waals surface area (Å²) in [5.74, 6) is 1.71. The van der Waals surface area contributed by atoms with Crippen molar-refractivity contribution in [1.29, 1.82) is 0 Å². The molecule has 2 aromatic carbocycles. The van der Waals surface area contributed by atoms with Gasteiger partial charge in [-0.15, -0.1) is 0 Å². The van der Waals surface area contributed by atoms with Gasteiger partial charge < -0.3 is 14.8 Å². The van der Waals surface area contributed by atoms with E-state index in [0.29, 0.717) is 0 Å². The minimum absolute atomic E-state index is 0.237. The van der Waals surface area contributed by atoms with Gasteiger partial charge in [0.15, 0.2) is 11.5 Å². The van der Waals surface area contributed by atoms with E-state index in [1.54, 1.807) is 14.2 Å². The van der Waals surface area contributed by atoms with E-state index < -0.39 is 0 Å². The molecule has 0 amide bonds. The van der Waals surface area contributed by atoms with Crippen molar-refractivity contribution in [1.82, 2.24) is 0 Å². The fourth-order valence-corrected chi connectivity index (χ4v) is 3.26. The lowest BCUT2D eigenvalue weighted by molar-refractivity contribution is 0.355. The van der Waals surface area contributed by atoms with Crippen LogP contribution in [0.1, 0.15) is 23.5 Å². The van der Waals surface area contributed by atoms with Crippen molar-refractivity contribution in [3.05, 3.63) is 53.6 Å². The van der Waals surface area contributed by atoms with Crippen molar-refractivity contribution < 1.29 is 9.47 Å². The summed E-state index contributed by atoms with van der Waals surface area (Å²) in [6.45, 7) is 0. The first-order chi connectivity index (χ1) is 10.7. The third kappa shape index (κ3) is 2.79. The minimum atomic E-state index is 0.237. The van der Waals surface area contributed by atoms with Gasteiger partial charge in [-0.25, -0.2) is 0 Å². The predicted molar refractivity (Wildman–Crippen MR) is 93.3 cm³/mol. The van der Waals surface area contributed by atoms with Crippen molar-refractivity contribution in [3.63, 3.8) is 0 Å². The van der Waals surface area contributed by atoms with Crippen molar-refractivity contribution in [2.45, 2.75) is 18.8 Å². The smallest absolute Gasteiger partial charge is 0.162 e. The Kier molecular flexibility index (Phi) is 4.29. The zero-order valence-corrected chi connectivity index (χ0v) is 13.6. The molecule has 2 aromatic rings. The Morgan fingerprint density at radius 3 is 2.41 bits per heavy atom. The second-order valence-electron chi connectivity index (χ2n) is 5.36. The summed E-state index contributed by atoms with van der Waals surface area (Å²) in [4.78, 5) is 0.858. The third-order valence-electron chi connectivity index (χ3n) is 4.09. The Bertz CT molecular complexity index is 685. The van der Waals surface area contributed by atoms with Crippen molar-refractivity contribution >= 4 is 22.9 Å². The van der Waals surface area contributed by atoms with E-state index in [4.69, 9.17) is 21.7 Å². The number of anilines is 1. The number of rotatable bonds is 3. The number of methoxy groups -OCH3 is 2. The Hall–Kier alpha value is -2.07. The molecule has 0 aliphatic carbocycles. The zero-order valence-electron chi connectivity index (χ0n) is 12.8. The number of ether oxygens (including phenoxy) is 2. The molecule has 0 fully saturated rings. The highest BCUT2D eigenvalue weighted by molar-refractivity contribution is 7.80. The summed E-state index contributed by atoms with van der Waals surface area (Å²) in [5, 5.41) is 3.39. The number of nitrogens with one attached hydrogen (secondary N) is 1. The van der Waals surface area contributed by atoms with Crippen molar-refractivity contribution in [3.8, 4) is 11.5 Å². The third-order valence-corrected chi connectivity index (χ3v) is 4.47. The van der Waals surface area contributed by atoms with Crippen molar-refractivity contribution in [2.24, 2.45) is 0 Å². The summed E-state index contributed by atoms with van der Waals surface area (Å²) in [6, 6.07) is 14.4. The number of aryl methyl sites for hydroxylation is 1. The van der Waals surface area contributed by atoms with Crippen LogP contribution in [0, 0.1) is 0 Å². The lowest BCUT2D eigenvalue weighted by Crippen LogP contribution is -2.17. The molecule has 114 valence electrons. The maximum atomic E-state index is 5.63. The average molecular weight is 313 g/mol. The largest absolute Gasteiger partial charge is 0.493 e. The van der Waals surface area contributed by atoms with Crippen LogP contribution in [0.3, 0.4) is 0 Å². The van der Waals surface area contributed by atoms with Gasteiger partial charge in [-0.3, -0.25) is 0 Å². The van der Waals surface area contributed by atoms with Gasteiger partial charge >= 0.3 is 0 Å². The van der Waals surface area contributed by atoms with Gasteiger partial charge in [0, 0.05) is 17.7 Å². The number of thiocarbonyl (C=S) groups is 1. The minimum Gasteiger partial charge on any atom is -0.493 e. The van der Waals surface area contributed by atoms with E-state index in [1.165, 1.54) is 11.1 Å². The summed E-state index contributed by atoms with van der Waals surface area (Å²) in [5.41, 5.74) is 3.48. The first-order valence-corrected chi connectivity index (χ1v) is 7.74. The van der Waals surface area contributed by atoms with Gasteiger partial charge in [0.2, 0.25) is 0 Å². The van der Waals surface area contributed by atoms with Crippen molar-refractivity contribution in [2.75, 3.05) is 19.5 Å². The molecule has 0 bridgehead atoms. The molecular weight excluding hydrogens is 294 g/mol. The Balaban J connectivity index is 1.94. The molecule has 1 N–H and O–H groups in total. The van der Waals surface area contributed by atoms with Gasteiger partial charge in [0.1, 0.15) is 0 Å². The molecule has 0 unspecified atom stereocenters. The molecule has 0 saturated carbocycles. The molecule has 1 atom stereocenters. The molecule has 3 nitrogen and oxygen atoms in total. The van der Waals surface area contributed by atoms with Crippen LogP contribution in [0.15, 0.2) is 42.5 Å². The quantitative estimate of drug-likeness (QED) is 0.861. The van der Waals surface area contributed by atoms with Crippen LogP contribution >= 0.6 is 12.2 Å². The number of benzene rings is 2. The summed E-state index contributed by atoms with van der Waals surface area (Å²) in [6.07, 6.45) is 1.93. The molecule has 0 saturated heterocycles. The van der Waals surface area contributed by atoms with Gasteiger partial charge in [0.25, 0.3) is 0 Å². The summed E-state index contributed by atoms with van der Waals surface area (Å²) >= 11 is 5.63. The van der Waals surface area contributed by atoms with Crippen LogP contribution in [0.25, 0.3) is 0 Å². The van der Waals surface area contributed by atoms with Crippen LogP contribution in [0.4, 0.5) is 5.69 Å². The molecular formula is C18H19NO2S. The SMILES string of the molecule is COc1cc2c(cc1OC)NC(=S)[C@@H](c1ccccc1)CC2. The van der Waals surface area contributed by atoms with Gasteiger partial charge in [-0.1, -0.05) is 42.5 Å². The number of hydrogen-bond donors (Lipinski definition) is 1. The molecule has 0 aromatic heterocycles. The van der Waals surface area contributed by atoms with E-state index in [1.807, 2.05) is 18.2 Å². The standard InChI is InChI=1S/C18H19NO2S/c1-20-16-10-13-8-9-14(12-6-4-3-5-7-12)18(22)19-15(13)11-17(16)21-2/h3-7,10-11,14H,8-9H2,1-2H3,(H,19,22)/t14-/m1/s1. The highest BCUT2D eigenvalue weighted by Crippen LogP contribution is 2.38. The molecule has 0 spiro atoms. The first-order valence-electron chi connectivity index (χ1n) is 7.33. The van der Waals surface area contributed by atoms with Crippen LogP contribution in [-0.2, 0) is 6.42 Å². The summed E-state index contributed by atoms with van der Waals surface area (Å²) < 4.78 is 10.8. The van der Waals surface area contributed by atoms with Crippen LogP contribution < -0.4 is 14.8 Å². The normalized spacial score (nSPS) is 17.2. The van der Waals surface area contributed by atoms with Gasteiger partial charge in [0.05, 0.1) is 19.2 Å². The van der Waals surface area contributed by atoms with Gasteiger partial charge in [-0.2, -0.15) is 0 Å². The highest BCUT2D eigenvalue weighted by atomic mass is 32.1.